The maximum Gasteiger partial charge on any atom is 0.351 e. The van der Waals surface area contributed by atoms with Crippen LogP contribution in [0.25, 0.3) is 0 Å². The summed E-state index contributed by atoms with van der Waals surface area (Å²) in [6.45, 7) is 35.6. The molecule has 0 spiro atoms. The lowest BCUT2D eigenvalue weighted by Gasteiger charge is -2.18. The quantitative estimate of drug-likeness (QED) is 0.0762. The summed E-state index contributed by atoms with van der Waals surface area (Å²) in [4.78, 5) is 71.5. The third-order valence-corrected chi connectivity index (χ3v) is 12.0. The zero-order chi connectivity index (χ0) is 71.6. The molecule has 12 atom stereocenters. The van der Waals surface area contributed by atoms with Crippen LogP contribution in [0.4, 0.5) is 35.0 Å². The van der Waals surface area contributed by atoms with E-state index in [0.717, 1.165) is 36.5 Å². The van der Waals surface area contributed by atoms with Crippen molar-refractivity contribution in [1.29, 1.82) is 0 Å². The van der Waals surface area contributed by atoms with Crippen molar-refractivity contribution in [2.75, 3.05) is 87.4 Å². The van der Waals surface area contributed by atoms with Gasteiger partial charge in [0.2, 0.25) is 5.95 Å². The summed E-state index contributed by atoms with van der Waals surface area (Å²) < 4.78 is 19.1. The van der Waals surface area contributed by atoms with E-state index in [-0.39, 0.29) is 57.1 Å². The number of nitrogens with zero attached hydrogens (tertiary/aromatic N) is 9. The smallest absolute Gasteiger partial charge is 0.351 e. The van der Waals surface area contributed by atoms with Crippen molar-refractivity contribution in [1.82, 2.24) is 48.6 Å². The Morgan fingerprint density at radius 2 is 0.711 bits per heavy atom. The molecule has 0 unspecified atom stereocenters. The van der Waals surface area contributed by atoms with Crippen LogP contribution in [0.15, 0.2) is 50.2 Å². The maximum absolute atomic E-state index is 11.9. The number of H-pyrrole nitrogens is 1. The van der Waals surface area contributed by atoms with Crippen molar-refractivity contribution in [2.24, 2.45) is 0 Å². The zero-order valence-corrected chi connectivity index (χ0v) is 58.5. The first-order valence-corrected chi connectivity index (χ1v) is 30.7. The van der Waals surface area contributed by atoms with Crippen molar-refractivity contribution in [3.63, 3.8) is 0 Å². The molecule has 0 saturated carbocycles. The van der Waals surface area contributed by atoms with Crippen molar-refractivity contribution >= 4 is 43.5 Å². The molecule has 8 heterocycles. The van der Waals surface area contributed by atoms with E-state index >= 15 is 0 Å². The summed E-state index contributed by atoms with van der Waals surface area (Å²) in [7, 11) is 8.67. The zero-order valence-electron chi connectivity index (χ0n) is 58.5. The molecule has 97 heavy (non-hydrogen) atoms. The van der Waals surface area contributed by atoms with Crippen molar-refractivity contribution in [3.8, 4) is 0 Å². The Morgan fingerprint density at radius 3 is 0.979 bits per heavy atom. The number of aromatic amines is 1. The van der Waals surface area contributed by atoms with Crippen molar-refractivity contribution in [2.45, 2.75) is 242 Å². The largest absolute Gasteiger partial charge is 0.394 e. The van der Waals surface area contributed by atoms with E-state index in [4.69, 9.17) is 35.3 Å². The Kier molecular flexibility index (Phi) is 70.4. The van der Waals surface area contributed by atoms with Crippen LogP contribution < -0.4 is 55.1 Å². The molecule has 3 fully saturated rings. The Balaban J connectivity index is -0.000000116. The van der Waals surface area contributed by atoms with E-state index in [2.05, 4.69) is 61.5 Å². The molecule has 5 aromatic heterocycles. The first-order valence-electron chi connectivity index (χ1n) is 30.7. The number of nitrogens with two attached hydrogens (primary N) is 1. The SMILES string of the molecule is C.C.C.C.C.CC.CC.CC.CC.CC.CC.CC.CNc1[nH]c(=O)ncc1C.CNc1nc(=O)n([C@@H]2O[C@H](CO)[C@@H](O)[C@H]2O)cc1C.CNc1nc(=O)n([C@@H]2O[C@H](CO)[C@@H](O)[C@H]2O)cc1C.CNc1ncc(C)c(NC)n1.Cc1cn([C@@H]2O[C@H](CO)[C@@H](O)[C@H]2O)c(=O)nc1N.[B]. The Labute approximate surface area is 580 Å². The van der Waals surface area contributed by atoms with Crippen LogP contribution in [0.5, 0.6) is 0 Å². The van der Waals surface area contributed by atoms with E-state index < -0.39 is 111 Å². The van der Waals surface area contributed by atoms with Gasteiger partial charge in [-0.25, -0.2) is 29.1 Å². The molecular formula is C64H132BN16O16. The van der Waals surface area contributed by atoms with Gasteiger partial charge in [0.15, 0.2) is 18.7 Å². The van der Waals surface area contributed by atoms with Crippen LogP contribution in [0, 0.1) is 34.6 Å². The number of aliphatic hydroxyl groups is 9. The molecule has 0 bridgehead atoms. The normalized spacial score (nSPS) is 20.3. The maximum atomic E-state index is 11.9. The number of anilines is 6. The monoisotopic (exact) mass is 1390 g/mol. The topological polar surface area (TPSA) is 472 Å². The van der Waals surface area contributed by atoms with E-state index in [0.29, 0.717) is 34.3 Å². The lowest BCUT2D eigenvalue weighted by Crippen LogP contribution is -2.36. The van der Waals surface area contributed by atoms with Gasteiger partial charge < -0.3 is 92.5 Å². The molecule has 17 N–H and O–H groups in total. The molecule has 3 aliphatic rings. The minimum absolute atomic E-state index is 0. The van der Waals surface area contributed by atoms with Gasteiger partial charge in [0.1, 0.15) is 84.0 Å². The van der Waals surface area contributed by atoms with Crippen molar-refractivity contribution < 1.29 is 60.2 Å². The van der Waals surface area contributed by atoms with Crippen molar-refractivity contribution in [3.05, 3.63) is 101 Å². The molecule has 0 aliphatic carbocycles. The number of nitrogen functional groups attached to an aromatic ring is 1. The molecule has 3 radical (unpaired) electrons. The first kappa shape index (κ1) is 111. The minimum atomic E-state index is -1.32. The fourth-order valence-corrected chi connectivity index (χ4v) is 7.63. The van der Waals surface area contributed by atoms with Crippen LogP contribution >= 0.6 is 0 Å². The first-order chi connectivity index (χ1) is 43.4. The second kappa shape index (κ2) is 61.3. The van der Waals surface area contributed by atoms with Gasteiger partial charge in [0, 0.05) is 102 Å². The average molecular weight is 1390 g/mol. The lowest BCUT2D eigenvalue weighted by molar-refractivity contribution is -0.0550. The van der Waals surface area contributed by atoms with Crippen LogP contribution in [-0.4, -0.2) is 213 Å². The molecule has 0 aromatic carbocycles. The molecule has 5 aromatic rings. The van der Waals surface area contributed by atoms with E-state index in [1.807, 2.05) is 118 Å². The second-order valence-electron chi connectivity index (χ2n) is 17.3. The van der Waals surface area contributed by atoms with Gasteiger partial charge in [0.25, 0.3) is 0 Å². The number of nitrogens with one attached hydrogen (secondary N) is 6. The highest BCUT2D eigenvalue weighted by Crippen LogP contribution is 2.31. The Bertz CT molecular complexity index is 2890. The highest BCUT2D eigenvalue weighted by molar-refractivity contribution is 5.75. The molecule has 3 aliphatic heterocycles. The molecule has 8 rings (SSSR count). The van der Waals surface area contributed by atoms with Crippen LogP contribution in [-0.2, 0) is 14.2 Å². The molecule has 33 heteroatoms. The van der Waals surface area contributed by atoms with Crippen LogP contribution in [0.2, 0.25) is 0 Å². The van der Waals surface area contributed by atoms with E-state index in [1.54, 1.807) is 55.2 Å². The number of aliphatic hydroxyl groups excluding tert-OH is 9. The Morgan fingerprint density at radius 1 is 0.423 bits per heavy atom. The highest BCUT2D eigenvalue weighted by atomic mass is 16.6. The average Bonchev–Trinajstić information content (AvgIpc) is 1.69. The van der Waals surface area contributed by atoms with Crippen LogP contribution in [0.3, 0.4) is 0 Å². The summed E-state index contributed by atoms with van der Waals surface area (Å²) >= 11 is 0. The summed E-state index contributed by atoms with van der Waals surface area (Å²) in [6.07, 6.45) is -5.95. The van der Waals surface area contributed by atoms with Gasteiger partial charge in [-0.15, -0.1) is 0 Å². The molecule has 3 saturated heterocycles. The highest BCUT2D eigenvalue weighted by Gasteiger charge is 2.46. The summed E-state index contributed by atoms with van der Waals surface area (Å²) in [5, 5.41) is 99.7. The number of aryl methyl sites for hydroxylation is 5. The van der Waals surface area contributed by atoms with Gasteiger partial charge >= 0.3 is 22.8 Å². The standard InChI is InChI=1S/2C11H17N3O5.C10H15N3O5.C7H12N4.C6H9N3O.7C2H6.5CH4.B/c2*1-5-3-14(11(18)13-9(5)12-2)10-8(17)7(16)6(4-15)19-10;1-4-2-13(10(17)12-8(4)11)9-7(16)6(15)5(3-14)18-9;1-5-4-10-7(9-3)11-6(5)8-2;1-4-3-8-6(10)9-5(4)7-2;7*1-2;;;;;;/h2*3,6-8,10,15-17H,4H2,1-2H3,(H,12,13,18);2,5-7,9,14-16H,3H2,1H3,(H2,11,12,17);4H,1-3H3,(H2,8,9,10,11);3H,1-2H3,(H2,7,8,9,10);7*1-2H3;5*1H4;/t2*6-,7-,8-,10-;5-,6-,7-,9-;;;;;;;;;;;;;;;/m111.............../s1. The lowest BCUT2D eigenvalue weighted by atomic mass is 10.1. The summed E-state index contributed by atoms with van der Waals surface area (Å²) in [5.74, 6) is 3.20. The number of ether oxygens (including phenoxy) is 3. The Hall–Kier alpha value is -7.02. The minimum Gasteiger partial charge on any atom is -0.394 e. The van der Waals surface area contributed by atoms with Crippen LogP contribution in [0.1, 0.15) is 181 Å². The predicted molar refractivity (Wildman–Crippen MR) is 396 cm³/mol. The van der Waals surface area contributed by atoms with E-state index in [1.165, 1.54) is 24.8 Å². The fraction of sp³-hybridized carbons (Fsp3) is 0.688. The predicted octanol–water partition coefficient (Wildman–Crippen LogP) is 5.13. The van der Waals surface area contributed by atoms with Gasteiger partial charge in [-0.05, 0) is 34.6 Å². The molecule has 0 amide bonds. The number of hydrogen-bond acceptors (Lipinski definition) is 28. The van der Waals surface area contributed by atoms with Gasteiger partial charge in [-0.2, -0.15) is 19.9 Å². The summed E-state index contributed by atoms with van der Waals surface area (Å²) in [6, 6.07) is 0. The molecular weight excluding hydrogens is 1260 g/mol. The third kappa shape index (κ3) is 32.9. The van der Waals surface area contributed by atoms with E-state index in [9.17, 15) is 49.8 Å². The van der Waals surface area contributed by atoms with Gasteiger partial charge in [-0.3, -0.25) is 18.7 Å². The number of rotatable bonds is 11. The summed E-state index contributed by atoms with van der Waals surface area (Å²) in [5.41, 5.74) is 7.18. The van der Waals surface area contributed by atoms with Gasteiger partial charge in [-0.1, -0.05) is 134 Å². The second-order valence-corrected chi connectivity index (χ2v) is 17.3. The molecule has 32 nitrogen and oxygen atoms in total. The fourth-order valence-electron chi connectivity index (χ4n) is 7.63. The van der Waals surface area contributed by atoms with Gasteiger partial charge in [0.05, 0.1) is 19.8 Å². The number of aromatic nitrogens is 10. The number of hydrogen-bond donors (Lipinski definition) is 16. The third-order valence-electron chi connectivity index (χ3n) is 12.0. The molecule has 567 valence electrons.